The maximum absolute atomic E-state index is 11.1. The summed E-state index contributed by atoms with van der Waals surface area (Å²) in [5, 5.41) is 5.16. The van der Waals surface area contributed by atoms with Gasteiger partial charge in [-0.1, -0.05) is 0 Å². The fourth-order valence-electron chi connectivity index (χ4n) is 1.04. The molecule has 0 aliphatic carbocycles. The van der Waals surface area contributed by atoms with Crippen LogP contribution < -0.4 is 10.6 Å². The van der Waals surface area contributed by atoms with Crippen LogP contribution in [0.4, 0.5) is 4.79 Å². The van der Waals surface area contributed by atoms with Crippen molar-refractivity contribution in [3.05, 3.63) is 12.2 Å². The summed E-state index contributed by atoms with van der Waals surface area (Å²) >= 11 is 0. The number of rotatable bonds is 8. The summed E-state index contributed by atoms with van der Waals surface area (Å²) in [6, 6.07) is -0.254. The van der Waals surface area contributed by atoms with E-state index >= 15 is 0 Å². The highest BCUT2D eigenvalue weighted by molar-refractivity contribution is 5.91. The minimum Gasteiger partial charge on any atom is -0.463 e. The minimum absolute atomic E-state index is 0.165. The Morgan fingerprint density at radius 3 is 2.21 bits per heavy atom. The molecule has 108 valence electrons. The van der Waals surface area contributed by atoms with Gasteiger partial charge in [-0.3, -0.25) is 0 Å². The Bertz CT molecular complexity index is 328. The molecule has 0 aromatic heterocycles. The van der Waals surface area contributed by atoms with Crippen LogP contribution in [-0.4, -0.2) is 44.3 Å². The fraction of sp³-hybridized carbons (Fsp3) is 0.583. The van der Waals surface area contributed by atoms with E-state index < -0.39 is 11.9 Å². The number of urea groups is 1. The molecule has 0 spiro atoms. The van der Waals surface area contributed by atoms with E-state index in [0.717, 1.165) is 12.2 Å². The van der Waals surface area contributed by atoms with E-state index in [1.54, 1.807) is 6.92 Å². The Labute approximate surface area is 112 Å². The Morgan fingerprint density at radius 1 is 1.00 bits per heavy atom. The average Bonchev–Trinajstić information content (AvgIpc) is 2.36. The van der Waals surface area contributed by atoms with Gasteiger partial charge in [-0.15, -0.1) is 0 Å². The third-order valence-electron chi connectivity index (χ3n) is 1.83. The SMILES string of the molecule is CCNC(=O)NCCCOC(=O)/C=C/C(=O)OCC. The molecule has 7 nitrogen and oxygen atoms in total. The highest BCUT2D eigenvalue weighted by atomic mass is 16.5. The molecule has 0 heterocycles. The molecule has 0 bridgehead atoms. The van der Waals surface area contributed by atoms with Gasteiger partial charge in [-0.2, -0.15) is 0 Å². The average molecular weight is 272 g/mol. The summed E-state index contributed by atoms with van der Waals surface area (Å²) in [4.78, 5) is 33.0. The van der Waals surface area contributed by atoms with Crippen molar-refractivity contribution in [2.45, 2.75) is 20.3 Å². The van der Waals surface area contributed by atoms with Crippen LogP contribution in [0.1, 0.15) is 20.3 Å². The molecule has 0 aromatic rings. The quantitative estimate of drug-likeness (QED) is 0.378. The zero-order chi connectivity index (χ0) is 14.5. The second kappa shape index (κ2) is 11.1. The van der Waals surface area contributed by atoms with E-state index in [-0.39, 0.29) is 19.2 Å². The second-order valence-corrected chi connectivity index (χ2v) is 3.39. The van der Waals surface area contributed by atoms with E-state index in [2.05, 4.69) is 15.4 Å². The first-order chi connectivity index (χ1) is 9.10. The van der Waals surface area contributed by atoms with Gasteiger partial charge in [-0.05, 0) is 20.3 Å². The number of amides is 2. The number of carbonyl (C=O) groups excluding carboxylic acids is 3. The summed E-state index contributed by atoms with van der Waals surface area (Å²) in [5.74, 6) is -1.21. The van der Waals surface area contributed by atoms with Crippen LogP contribution in [0.3, 0.4) is 0 Å². The number of esters is 2. The molecule has 0 aliphatic heterocycles. The largest absolute Gasteiger partial charge is 0.463 e. The lowest BCUT2D eigenvalue weighted by molar-refractivity contribution is -0.140. The van der Waals surface area contributed by atoms with Crippen molar-refractivity contribution in [3.8, 4) is 0 Å². The molecule has 0 saturated carbocycles. The number of hydrogen-bond donors (Lipinski definition) is 2. The van der Waals surface area contributed by atoms with Crippen LogP contribution in [0.15, 0.2) is 12.2 Å². The zero-order valence-electron chi connectivity index (χ0n) is 11.2. The van der Waals surface area contributed by atoms with Crippen molar-refractivity contribution in [1.82, 2.24) is 10.6 Å². The third-order valence-corrected chi connectivity index (χ3v) is 1.83. The summed E-state index contributed by atoms with van der Waals surface area (Å²) in [6.45, 7) is 4.87. The highest BCUT2D eigenvalue weighted by Gasteiger charge is 2.01. The predicted molar refractivity (Wildman–Crippen MR) is 68.4 cm³/mol. The van der Waals surface area contributed by atoms with E-state index in [1.165, 1.54) is 0 Å². The van der Waals surface area contributed by atoms with Gasteiger partial charge < -0.3 is 20.1 Å². The Balaban J connectivity index is 3.58. The van der Waals surface area contributed by atoms with Gasteiger partial charge in [0.05, 0.1) is 13.2 Å². The second-order valence-electron chi connectivity index (χ2n) is 3.39. The molecule has 2 amide bonds. The van der Waals surface area contributed by atoms with E-state index in [1.807, 2.05) is 6.92 Å². The van der Waals surface area contributed by atoms with Crippen molar-refractivity contribution in [2.24, 2.45) is 0 Å². The van der Waals surface area contributed by atoms with Crippen molar-refractivity contribution in [2.75, 3.05) is 26.3 Å². The van der Waals surface area contributed by atoms with Crippen LogP contribution in [0.5, 0.6) is 0 Å². The van der Waals surface area contributed by atoms with Gasteiger partial charge in [0, 0.05) is 25.2 Å². The van der Waals surface area contributed by atoms with Gasteiger partial charge >= 0.3 is 18.0 Å². The van der Waals surface area contributed by atoms with E-state index in [4.69, 9.17) is 4.74 Å². The highest BCUT2D eigenvalue weighted by Crippen LogP contribution is 1.87. The van der Waals surface area contributed by atoms with E-state index in [0.29, 0.717) is 19.5 Å². The van der Waals surface area contributed by atoms with Crippen molar-refractivity contribution in [1.29, 1.82) is 0 Å². The number of hydrogen-bond acceptors (Lipinski definition) is 5. The normalized spacial score (nSPS) is 10.0. The minimum atomic E-state index is -0.619. The Hall–Kier alpha value is -2.05. The smallest absolute Gasteiger partial charge is 0.331 e. The lowest BCUT2D eigenvalue weighted by Gasteiger charge is -2.05. The van der Waals surface area contributed by atoms with Gasteiger partial charge in [0.15, 0.2) is 0 Å². The van der Waals surface area contributed by atoms with Crippen molar-refractivity contribution >= 4 is 18.0 Å². The maximum Gasteiger partial charge on any atom is 0.331 e. The van der Waals surface area contributed by atoms with Crippen LogP contribution in [0.25, 0.3) is 0 Å². The molecule has 2 N–H and O–H groups in total. The van der Waals surface area contributed by atoms with Crippen LogP contribution in [-0.2, 0) is 19.1 Å². The lowest BCUT2D eigenvalue weighted by atomic mass is 10.4. The molecule has 0 rings (SSSR count). The molecule has 0 aromatic carbocycles. The first-order valence-electron chi connectivity index (χ1n) is 6.13. The molecule has 0 saturated heterocycles. The number of ether oxygens (including phenoxy) is 2. The van der Waals surface area contributed by atoms with Crippen LogP contribution >= 0.6 is 0 Å². The molecule has 0 atom stereocenters. The lowest BCUT2D eigenvalue weighted by Crippen LogP contribution is -2.36. The van der Waals surface area contributed by atoms with Gasteiger partial charge in [0.2, 0.25) is 0 Å². The van der Waals surface area contributed by atoms with Gasteiger partial charge in [0.25, 0.3) is 0 Å². The van der Waals surface area contributed by atoms with Crippen LogP contribution in [0, 0.1) is 0 Å². The predicted octanol–water partition coefficient (Wildman–Crippen LogP) is 0.358. The maximum atomic E-state index is 11.1. The summed E-state index contributed by atoms with van der Waals surface area (Å²) in [5.41, 5.74) is 0. The van der Waals surface area contributed by atoms with Crippen molar-refractivity contribution in [3.63, 3.8) is 0 Å². The molecule has 7 heteroatoms. The third kappa shape index (κ3) is 10.8. The number of carbonyl (C=O) groups is 3. The number of nitrogens with one attached hydrogen (secondary N) is 2. The summed E-state index contributed by atoms with van der Waals surface area (Å²) in [6.07, 6.45) is 2.52. The monoisotopic (exact) mass is 272 g/mol. The van der Waals surface area contributed by atoms with Crippen LogP contribution in [0.2, 0.25) is 0 Å². The van der Waals surface area contributed by atoms with Crippen molar-refractivity contribution < 1.29 is 23.9 Å². The molecule has 0 aliphatic rings. The first kappa shape index (κ1) is 16.9. The first-order valence-corrected chi connectivity index (χ1v) is 6.13. The fourth-order valence-corrected chi connectivity index (χ4v) is 1.04. The van der Waals surface area contributed by atoms with Gasteiger partial charge in [-0.25, -0.2) is 14.4 Å². The molecule has 0 fully saturated rings. The molecule has 0 radical (unpaired) electrons. The Kier molecular flexibility index (Phi) is 9.87. The standard InChI is InChI=1S/C12H20N2O5/c1-3-13-12(17)14-8-5-9-19-11(16)7-6-10(15)18-4-2/h6-7H,3-5,8-9H2,1-2H3,(H2,13,14,17)/b7-6+. The van der Waals surface area contributed by atoms with Gasteiger partial charge in [0.1, 0.15) is 0 Å². The summed E-state index contributed by atoms with van der Waals surface area (Å²) < 4.78 is 9.40. The molecule has 0 unspecified atom stereocenters. The molecular weight excluding hydrogens is 252 g/mol. The Morgan fingerprint density at radius 2 is 1.63 bits per heavy atom. The summed E-state index contributed by atoms with van der Waals surface area (Å²) in [7, 11) is 0. The molecule has 19 heavy (non-hydrogen) atoms. The molecular formula is C12H20N2O5. The zero-order valence-corrected chi connectivity index (χ0v) is 11.2. The topological polar surface area (TPSA) is 93.7 Å². The van der Waals surface area contributed by atoms with E-state index in [9.17, 15) is 14.4 Å².